The first-order chi connectivity index (χ1) is 13.6. The lowest BCUT2D eigenvalue weighted by atomic mass is 10.0. The van der Waals surface area contributed by atoms with Crippen molar-refractivity contribution in [2.75, 3.05) is 24.2 Å². The number of fused-ring (bicyclic) bond motifs is 1. The summed E-state index contributed by atoms with van der Waals surface area (Å²) in [4.78, 5) is 24.9. The second kappa shape index (κ2) is 7.78. The third kappa shape index (κ3) is 4.21. The van der Waals surface area contributed by atoms with E-state index in [1.54, 1.807) is 6.07 Å². The number of hydrogen-bond donors (Lipinski definition) is 2. The summed E-state index contributed by atoms with van der Waals surface area (Å²) in [6, 6.07) is 6.25. The lowest BCUT2D eigenvalue weighted by Crippen LogP contribution is -2.39. The Hall–Kier alpha value is -3.01. The highest BCUT2D eigenvalue weighted by Crippen LogP contribution is 2.31. The van der Waals surface area contributed by atoms with Gasteiger partial charge in [-0.3, -0.25) is 13.9 Å². The minimum absolute atomic E-state index is 0.0843. The molecule has 1 aliphatic rings. The Labute approximate surface area is 166 Å². The van der Waals surface area contributed by atoms with Crippen molar-refractivity contribution in [3.63, 3.8) is 0 Å². The number of amides is 2. The molecule has 2 amide bonds. The fraction of sp³-hybridized carbons (Fsp3) is 0.263. The molecule has 154 valence electrons. The van der Waals surface area contributed by atoms with Gasteiger partial charge in [-0.25, -0.2) is 17.2 Å². The van der Waals surface area contributed by atoms with Crippen LogP contribution in [-0.2, 0) is 21.2 Å². The first kappa shape index (κ1) is 20.7. The first-order valence-corrected chi connectivity index (χ1v) is 10.5. The molecule has 2 N–H and O–H groups in total. The van der Waals surface area contributed by atoms with Crippen molar-refractivity contribution in [1.29, 1.82) is 0 Å². The SMILES string of the molecule is CNC(=O)C(NC(=O)c1ccc2c(c1)CCN2S(C)(=O)=O)c1ccc(F)c(F)c1. The Morgan fingerprint density at radius 2 is 1.83 bits per heavy atom. The molecular formula is C19H19F2N3O4S. The van der Waals surface area contributed by atoms with E-state index in [4.69, 9.17) is 0 Å². The van der Waals surface area contributed by atoms with Crippen LogP contribution in [0.1, 0.15) is 27.5 Å². The Kier molecular flexibility index (Phi) is 5.56. The molecule has 29 heavy (non-hydrogen) atoms. The van der Waals surface area contributed by atoms with Gasteiger partial charge < -0.3 is 10.6 Å². The number of sulfonamides is 1. The number of nitrogens with zero attached hydrogens (tertiary/aromatic N) is 1. The number of carbonyl (C=O) groups excluding carboxylic acids is 2. The zero-order valence-corrected chi connectivity index (χ0v) is 16.5. The lowest BCUT2D eigenvalue weighted by Gasteiger charge is -2.19. The lowest BCUT2D eigenvalue weighted by molar-refractivity contribution is -0.122. The highest BCUT2D eigenvalue weighted by atomic mass is 32.2. The molecule has 0 bridgehead atoms. The Morgan fingerprint density at radius 1 is 1.10 bits per heavy atom. The summed E-state index contributed by atoms with van der Waals surface area (Å²) in [7, 11) is -2.05. The summed E-state index contributed by atoms with van der Waals surface area (Å²) in [5.41, 5.74) is 1.50. The highest BCUT2D eigenvalue weighted by molar-refractivity contribution is 7.92. The van der Waals surface area contributed by atoms with Gasteiger partial charge in [-0.2, -0.15) is 0 Å². The van der Waals surface area contributed by atoms with Crippen molar-refractivity contribution in [3.05, 3.63) is 64.7 Å². The molecule has 0 aromatic heterocycles. The van der Waals surface area contributed by atoms with Crippen LogP contribution in [0.2, 0.25) is 0 Å². The second-order valence-electron chi connectivity index (χ2n) is 6.62. The van der Waals surface area contributed by atoms with Gasteiger partial charge in [-0.15, -0.1) is 0 Å². The minimum atomic E-state index is -3.41. The zero-order chi connectivity index (χ0) is 21.3. The van der Waals surface area contributed by atoms with Gasteiger partial charge in [0.25, 0.3) is 5.91 Å². The van der Waals surface area contributed by atoms with E-state index in [1.807, 2.05) is 0 Å². The van der Waals surface area contributed by atoms with E-state index in [1.165, 1.54) is 29.6 Å². The van der Waals surface area contributed by atoms with Crippen molar-refractivity contribution in [2.45, 2.75) is 12.5 Å². The van der Waals surface area contributed by atoms with E-state index in [0.717, 1.165) is 18.4 Å². The molecule has 0 fully saturated rings. The normalized spacial score (nSPS) is 14.3. The van der Waals surface area contributed by atoms with Gasteiger partial charge in [-0.05, 0) is 47.9 Å². The number of nitrogens with one attached hydrogen (secondary N) is 2. The van der Waals surface area contributed by atoms with Crippen LogP contribution in [-0.4, -0.2) is 40.1 Å². The summed E-state index contributed by atoms with van der Waals surface area (Å²) >= 11 is 0. The minimum Gasteiger partial charge on any atom is -0.357 e. The van der Waals surface area contributed by atoms with E-state index in [-0.39, 0.29) is 17.7 Å². The maximum Gasteiger partial charge on any atom is 0.252 e. The third-order valence-corrected chi connectivity index (χ3v) is 5.84. The molecule has 2 aromatic carbocycles. The number of halogens is 2. The summed E-state index contributed by atoms with van der Waals surface area (Å²) in [6.45, 7) is 0.287. The Balaban J connectivity index is 1.87. The molecule has 2 aromatic rings. The maximum absolute atomic E-state index is 13.6. The molecule has 0 radical (unpaired) electrons. The maximum atomic E-state index is 13.6. The molecule has 3 rings (SSSR count). The Morgan fingerprint density at radius 3 is 2.45 bits per heavy atom. The van der Waals surface area contributed by atoms with Gasteiger partial charge in [0, 0.05) is 19.2 Å². The molecule has 10 heteroatoms. The topological polar surface area (TPSA) is 95.6 Å². The molecule has 1 heterocycles. The van der Waals surface area contributed by atoms with E-state index in [2.05, 4.69) is 10.6 Å². The summed E-state index contributed by atoms with van der Waals surface area (Å²) in [5, 5.41) is 4.88. The smallest absolute Gasteiger partial charge is 0.252 e. The van der Waals surface area contributed by atoms with Gasteiger partial charge in [0.15, 0.2) is 11.6 Å². The average Bonchev–Trinajstić information content (AvgIpc) is 3.11. The van der Waals surface area contributed by atoms with Crippen LogP contribution < -0.4 is 14.9 Å². The van der Waals surface area contributed by atoms with Crippen LogP contribution in [0.5, 0.6) is 0 Å². The van der Waals surface area contributed by atoms with Gasteiger partial charge >= 0.3 is 0 Å². The van der Waals surface area contributed by atoms with Crippen LogP contribution in [0.4, 0.5) is 14.5 Å². The zero-order valence-electron chi connectivity index (χ0n) is 15.7. The standard InChI is InChI=1S/C19H19F2N3O4S/c1-22-19(26)17(12-3-5-14(20)15(21)10-12)23-18(25)13-4-6-16-11(9-13)7-8-24(16)29(2,27)28/h3-6,9-10,17H,7-8H2,1-2H3,(H,22,26)(H,23,25). The molecule has 1 aliphatic heterocycles. The van der Waals surface area contributed by atoms with Crippen molar-refractivity contribution >= 4 is 27.5 Å². The molecule has 0 spiro atoms. The van der Waals surface area contributed by atoms with Crippen LogP contribution >= 0.6 is 0 Å². The van der Waals surface area contributed by atoms with Crippen LogP contribution in [0.3, 0.4) is 0 Å². The van der Waals surface area contributed by atoms with Crippen molar-refractivity contribution < 1.29 is 26.8 Å². The summed E-state index contributed by atoms with van der Waals surface area (Å²) < 4.78 is 51.7. The molecule has 0 saturated heterocycles. The Bertz CT molecular complexity index is 1090. The van der Waals surface area contributed by atoms with Crippen LogP contribution in [0, 0.1) is 11.6 Å². The van der Waals surface area contributed by atoms with Crippen molar-refractivity contribution in [3.8, 4) is 0 Å². The fourth-order valence-corrected chi connectivity index (χ4v) is 4.17. The molecule has 0 aliphatic carbocycles. The van der Waals surface area contributed by atoms with Gasteiger partial charge in [0.2, 0.25) is 15.9 Å². The number of benzene rings is 2. The molecule has 7 nitrogen and oxygen atoms in total. The number of hydrogen-bond acceptors (Lipinski definition) is 4. The van der Waals surface area contributed by atoms with Crippen molar-refractivity contribution in [2.24, 2.45) is 0 Å². The molecular weight excluding hydrogens is 404 g/mol. The largest absolute Gasteiger partial charge is 0.357 e. The number of rotatable bonds is 5. The van der Waals surface area contributed by atoms with Gasteiger partial charge in [-0.1, -0.05) is 6.07 Å². The molecule has 1 atom stereocenters. The van der Waals surface area contributed by atoms with Crippen LogP contribution in [0.25, 0.3) is 0 Å². The fourth-order valence-electron chi connectivity index (χ4n) is 3.21. The number of anilines is 1. The van der Waals surface area contributed by atoms with E-state index in [9.17, 15) is 26.8 Å². The predicted molar refractivity (Wildman–Crippen MR) is 103 cm³/mol. The first-order valence-electron chi connectivity index (χ1n) is 8.70. The predicted octanol–water partition coefficient (Wildman–Crippen LogP) is 1.50. The summed E-state index contributed by atoms with van der Waals surface area (Å²) in [6.07, 6.45) is 1.56. The quantitative estimate of drug-likeness (QED) is 0.762. The van der Waals surface area contributed by atoms with E-state index < -0.39 is 39.5 Å². The summed E-state index contributed by atoms with van der Waals surface area (Å²) in [5.74, 6) is -3.41. The van der Waals surface area contributed by atoms with Gasteiger partial charge in [0.1, 0.15) is 6.04 Å². The van der Waals surface area contributed by atoms with E-state index >= 15 is 0 Å². The average molecular weight is 423 g/mol. The van der Waals surface area contributed by atoms with Crippen molar-refractivity contribution in [1.82, 2.24) is 10.6 Å². The molecule has 1 unspecified atom stereocenters. The third-order valence-electron chi connectivity index (χ3n) is 4.66. The molecule has 0 saturated carbocycles. The number of likely N-dealkylation sites (N-methyl/N-ethyl adjacent to an activating group) is 1. The monoisotopic (exact) mass is 423 g/mol. The van der Waals surface area contributed by atoms with Crippen LogP contribution in [0.15, 0.2) is 36.4 Å². The highest BCUT2D eigenvalue weighted by Gasteiger charge is 2.28. The second-order valence-corrected chi connectivity index (χ2v) is 8.53. The number of carbonyl (C=O) groups is 2. The van der Waals surface area contributed by atoms with Gasteiger partial charge in [0.05, 0.1) is 11.9 Å². The van der Waals surface area contributed by atoms with E-state index in [0.29, 0.717) is 17.7 Å².